The number of amides is 2. The van der Waals surface area contributed by atoms with Gasteiger partial charge < -0.3 is 14.5 Å². The van der Waals surface area contributed by atoms with Crippen molar-refractivity contribution in [1.82, 2.24) is 0 Å². The summed E-state index contributed by atoms with van der Waals surface area (Å²) in [5.74, 6) is -0.169. The number of carbonyl (C=O) groups excluding carboxylic acids is 2. The SMILES string of the molecule is CC(=O)N1c2ccc(-c3ccc(NS(=O)(=O)c4ccc(C)cc4)cc3)cc2N(C(=O)C2CCCO2)CC1C. The van der Waals surface area contributed by atoms with Crippen molar-refractivity contribution in [2.75, 3.05) is 27.7 Å². The zero-order valence-electron chi connectivity index (χ0n) is 21.7. The zero-order valence-corrected chi connectivity index (χ0v) is 22.5. The Balaban J connectivity index is 1.44. The second-order valence-corrected chi connectivity index (χ2v) is 11.6. The van der Waals surface area contributed by atoms with Gasteiger partial charge in [-0.05, 0) is 74.2 Å². The lowest BCUT2D eigenvalue weighted by Gasteiger charge is -2.41. The molecule has 1 N–H and O–H groups in total. The molecule has 0 aliphatic carbocycles. The van der Waals surface area contributed by atoms with Crippen LogP contribution < -0.4 is 14.5 Å². The second kappa shape index (κ2) is 10.2. The summed E-state index contributed by atoms with van der Waals surface area (Å²) in [5.41, 5.74) is 4.48. The van der Waals surface area contributed by atoms with E-state index in [4.69, 9.17) is 4.74 Å². The number of carbonyl (C=O) groups is 2. The molecule has 2 amide bonds. The molecule has 2 aliphatic rings. The fraction of sp³-hybridized carbons (Fsp3) is 0.310. The molecule has 3 aromatic rings. The van der Waals surface area contributed by atoms with Crippen LogP contribution in [0.5, 0.6) is 0 Å². The maximum atomic E-state index is 13.4. The largest absolute Gasteiger partial charge is 0.368 e. The number of aryl methyl sites for hydroxylation is 1. The summed E-state index contributed by atoms with van der Waals surface area (Å²) in [6.45, 7) is 6.33. The highest BCUT2D eigenvalue weighted by Crippen LogP contribution is 2.40. The van der Waals surface area contributed by atoms with Crippen molar-refractivity contribution in [3.63, 3.8) is 0 Å². The molecule has 2 aliphatic heterocycles. The van der Waals surface area contributed by atoms with Crippen LogP contribution >= 0.6 is 0 Å². The van der Waals surface area contributed by atoms with Gasteiger partial charge in [0.25, 0.3) is 15.9 Å². The summed E-state index contributed by atoms with van der Waals surface area (Å²) in [5, 5.41) is 0. The normalized spacial score (nSPS) is 19.2. The molecule has 2 atom stereocenters. The van der Waals surface area contributed by atoms with Gasteiger partial charge in [0, 0.05) is 25.8 Å². The van der Waals surface area contributed by atoms with E-state index in [0.717, 1.165) is 23.1 Å². The first-order chi connectivity index (χ1) is 18.1. The molecule has 2 unspecified atom stereocenters. The average Bonchev–Trinajstić information content (AvgIpc) is 3.43. The van der Waals surface area contributed by atoms with Gasteiger partial charge in [0.1, 0.15) is 6.10 Å². The van der Waals surface area contributed by atoms with E-state index in [0.29, 0.717) is 36.6 Å². The second-order valence-electron chi connectivity index (χ2n) is 9.89. The molecular formula is C29H31N3O5S. The van der Waals surface area contributed by atoms with Crippen molar-refractivity contribution in [1.29, 1.82) is 0 Å². The summed E-state index contributed by atoms with van der Waals surface area (Å²) in [4.78, 5) is 29.5. The lowest BCUT2D eigenvalue weighted by atomic mass is 9.99. The van der Waals surface area contributed by atoms with Crippen LogP contribution in [0.15, 0.2) is 71.6 Å². The maximum absolute atomic E-state index is 13.4. The first kappa shape index (κ1) is 25.9. The number of nitrogens with zero attached hydrogens (tertiary/aromatic N) is 2. The van der Waals surface area contributed by atoms with Crippen molar-refractivity contribution >= 4 is 38.9 Å². The minimum atomic E-state index is -3.71. The minimum Gasteiger partial charge on any atom is -0.368 e. The van der Waals surface area contributed by atoms with Crippen molar-refractivity contribution in [3.05, 3.63) is 72.3 Å². The smallest absolute Gasteiger partial charge is 0.261 e. The van der Waals surface area contributed by atoms with Crippen LogP contribution in [0.25, 0.3) is 11.1 Å². The molecule has 0 spiro atoms. The summed E-state index contributed by atoms with van der Waals surface area (Å²) in [6.07, 6.45) is 1.07. The predicted octanol–water partition coefficient (Wildman–Crippen LogP) is 4.73. The standard InChI is InChI=1S/C29H31N3O5S/c1-19-6-13-25(14-7-19)38(35,36)30-24-11-8-22(9-12-24)23-10-15-26-27(17-23)31(18-20(2)32(26)21(3)33)29(34)28-5-4-16-37-28/h6-15,17,20,28,30H,4-5,16,18H2,1-3H3. The Bertz CT molecular complexity index is 1460. The van der Waals surface area contributed by atoms with Gasteiger partial charge >= 0.3 is 0 Å². The maximum Gasteiger partial charge on any atom is 0.261 e. The van der Waals surface area contributed by atoms with E-state index in [1.807, 2.05) is 44.2 Å². The van der Waals surface area contributed by atoms with Gasteiger partial charge in [-0.25, -0.2) is 8.42 Å². The van der Waals surface area contributed by atoms with Crippen LogP contribution in [-0.2, 0) is 24.3 Å². The molecule has 198 valence electrons. The van der Waals surface area contributed by atoms with Crippen LogP contribution in [0.3, 0.4) is 0 Å². The van der Waals surface area contributed by atoms with E-state index < -0.39 is 16.1 Å². The third-order valence-electron chi connectivity index (χ3n) is 7.03. The number of hydrogen-bond donors (Lipinski definition) is 1. The van der Waals surface area contributed by atoms with Gasteiger partial charge in [-0.3, -0.25) is 14.3 Å². The molecule has 2 heterocycles. The van der Waals surface area contributed by atoms with Crippen molar-refractivity contribution in [2.45, 2.75) is 50.7 Å². The summed E-state index contributed by atoms with van der Waals surface area (Å²) < 4.78 is 33.8. The van der Waals surface area contributed by atoms with Crippen LogP contribution in [-0.4, -0.2) is 45.5 Å². The van der Waals surface area contributed by atoms with Gasteiger partial charge in [0.15, 0.2) is 0 Å². The van der Waals surface area contributed by atoms with E-state index in [-0.39, 0.29) is 22.8 Å². The monoisotopic (exact) mass is 533 g/mol. The number of fused-ring (bicyclic) bond motifs is 1. The first-order valence-corrected chi connectivity index (χ1v) is 14.2. The molecule has 5 rings (SSSR count). The number of rotatable bonds is 5. The molecule has 9 heteroatoms. The van der Waals surface area contributed by atoms with Gasteiger partial charge in [0.2, 0.25) is 5.91 Å². The van der Waals surface area contributed by atoms with E-state index in [2.05, 4.69) is 4.72 Å². The summed E-state index contributed by atoms with van der Waals surface area (Å²) >= 11 is 0. The fourth-order valence-electron chi connectivity index (χ4n) is 5.10. The number of anilines is 3. The molecule has 38 heavy (non-hydrogen) atoms. The van der Waals surface area contributed by atoms with Crippen molar-refractivity contribution in [3.8, 4) is 11.1 Å². The first-order valence-electron chi connectivity index (χ1n) is 12.7. The van der Waals surface area contributed by atoms with Crippen LogP contribution in [0.4, 0.5) is 17.1 Å². The van der Waals surface area contributed by atoms with Crippen molar-refractivity contribution in [2.24, 2.45) is 0 Å². The number of sulfonamides is 1. The minimum absolute atomic E-state index is 0.0825. The third-order valence-corrected chi connectivity index (χ3v) is 8.42. The number of benzene rings is 3. The lowest BCUT2D eigenvalue weighted by Crippen LogP contribution is -2.53. The fourth-order valence-corrected chi connectivity index (χ4v) is 6.16. The Morgan fingerprint density at radius 3 is 2.26 bits per heavy atom. The number of nitrogens with one attached hydrogen (secondary N) is 1. The Morgan fingerprint density at radius 1 is 0.947 bits per heavy atom. The highest BCUT2D eigenvalue weighted by atomic mass is 32.2. The highest BCUT2D eigenvalue weighted by Gasteiger charge is 2.37. The highest BCUT2D eigenvalue weighted by molar-refractivity contribution is 7.92. The lowest BCUT2D eigenvalue weighted by molar-refractivity contribution is -0.127. The average molecular weight is 534 g/mol. The Labute approximate surface area is 223 Å². The molecule has 8 nitrogen and oxygen atoms in total. The van der Waals surface area contributed by atoms with Crippen LogP contribution in [0.1, 0.15) is 32.3 Å². The van der Waals surface area contributed by atoms with E-state index in [9.17, 15) is 18.0 Å². The van der Waals surface area contributed by atoms with Crippen LogP contribution in [0, 0.1) is 6.92 Å². The van der Waals surface area contributed by atoms with Gasteiger partial charge in [-0.1, -0.05) is 35.9 Å². The van der Waals surface area contributed by atoms with Gasteiger partial charge in [-0.2, -0.15) is 0 Å². The quantitative estimate of drug-likeness (QED) is 0.512. The van der Waals surface area contributed by atoms with E-state index >= 15 is 0 Å². The van der Waals surface area contributed by atoms with Crippen molar-refractivity contribution < 1.29 is 22.7 Å². The number of ether oxygens (including phenoxy) is 1. The number of hydrogen-bond acceptors (Lipinski definition) is 5. The Hall–Kier alpha value is -3.69. The summed E-state index contributed by atoms with van der Waals surface area (Å²) in [7, 11) is -3.71. The predicted molar refractivity (Wildman–Crippen MR) is 148 cm³/mol. The Morgan fingerprint density at radius 2 is 1.63 bits per heavy atom. The molecule has 3 aromatic carbocycles. The molecule has 1 fully saturated rings. The topological polar surface area (TPSA) is 96.0 Å². The molecule has 1 saturated heterocycles. The molecule has 0 radical (unpaired) electrons. The summed E-state index contributed by atoms with van der Waals surface area (Å²) in [6, 6.07) is 19.3. The zero-order chi connectivity index (χ0) is 27.0. The van der Waals surface area contributed by atoms with E-state index in [1.165, 1.54) is 6.92 Å². The van der Waals surface area contributed by atoms with E-state index in [1.54, 1.807) is 46.2 Å². The Kier molecular flexibility index (Phi) is 6.98. The molecule has 0 saturated carbocycles. The van der Waals surface area contributed by atoms with Crippen LogP contribution in [0.2, 0.25) is 0 Å². The third kappa shape index (κ3) is 5.04. The molecular weight excluding hydrogens is 502 g/mol. The molecule has 0 aromatic heterocycles. The van der Waals surface area contributed by atoms with Gasteiger partial charge in [-0.15, -0.1) is 0 Å². The van der Waals surface area contributed by atoms with Gasteiger partial charge in [0.05, 0.1) is 22.3 Å². The molecule has 0 bridgehead atoms.